The number of nitrogens with one attached hydrogen (secondary N) is 1. The molecule has 1 unspecified atom stereocenters. The lowest BCUT2D eigenvalue weighted by atomic mass is 10.00. The Morgan fingerprint density at radius 2 is 1.30 bits per heavy atom. The SMILES string of the molecule is CCCCCCCCCCCCCCCCCCNC(=O)N1CCCCC1CCON(C=O)CCCCCN1CCCC1. The molecule has 0 aliphatic carbocycles. The van der Waals surface area contributed by atoms with Gasteiger partial charge in [-0.2, -0.15) is 0 Å². The van der Waals surface area contributed by atoms with E-state index in [2.05, 4.69) is 17.1 Å². The lowest BCUT2D eigenvalue weighted by Crippen LogP contribution is -2.49. The van der Waals surface area contributed by atoms with E-state index < -0.39 is 0 Å². The predicted molar refractivity (Wildman–Crippen MR) is 180 cm³/mol. The highest BCUT2D eigenvalue weighted by Gasteiger charge is 2.26. The molecule has 0 aromatic carbocycles. The molecule has 2 heterocycles. The molecule has 0 bridgehead atoms. The van der Waals surface area contributed by atoms with Crippen LogP contribution in [-0.2, 0) is 9.63 Å². The highest BCUT2D eigenvalue weighted by Crippen LogP contribution is 2.20. The van der Waals surface area contributed by atoms with Crippen molar-refractivity contribution < 1.29 is 14.4 Å². The van der Waals surface area contributed by atoms with Gasteiger partial charge in [-0.3, -0.25) is 9.63 Å². The van der Waals surface area contributed by atoms with Gasteiger partial charge in [0.15, 0.2) is 0 Å². The fourth-order valence-corrected chi connectivity index (χ4v) is 6.78. The number of hydrogen-bond donors (Lipinski definition) is 1. The molecule has 0 radical (unpaired) electrons. The average Bonchev–Trinajstić information content (AvgIpc) is 3.55. The minimum Gasteiger partial charge on any atom is -0.338 e. The molecule has 7 nitrogen and oxygen atoms in total. The van der Waals surface area contributed by atoms with Crippen LogP contribution in [0.25, 0.3) is 0 Å². The van der Waals surface area contributed by atoms with Gasteiger partial charge in [0.25, 0.3) is 0 Å². The normalized spacial score (nSPS) is 17.4. The molecule has 2 aliphatic rings. The Balaban J connectivity index is 1.42. The molecule has 2 rings (SSSR count). The third-order valence-electron chi connectivity index (χ3n) is 9.57. The highest BCUT2D eigenvalue weighted by molar-refractivity contribution is 5.74. The zero-order valence-corrected chi connectivity index (χ0v) is 28.3. The van der Waals surface area contributed by atoms with Gasteiger partial charge in [0.2, 0.25) is 6.41 Å². The minimum absolute atomic E-state index is 0.0795. The number of unbranched alkanes of at least 4 members (excludes halogenated alkanes) is 17. The topological polar surface area (TPSA) is 65.1 Å². The molecule has 2 saturated heterocycles. The standard InChI is InChI=1S/C36H70N4O3/c1-2-3-4-5-6-7-8-9-10-11-12-13-14-15-16-19-27-37-36(42)40-32-22-18-25-35(40)26-33-43-39(34-41)31-21-17-20-28-38-29-23-24-30-38/h34-35H,2-33H2,1H3,(H,37,42). The first kappa shape index (κ1) is 37.8. The predicted octanol–water partition coefficient (Wildman–Crippen LogP) is 8.86. The van der Waals surface area contributed by atoms with E-state index in [1.165, 1.54) is 140 Å². The van der Waals surface area contributed by atoms with Gasteiger partial charge in [-0.15, -0.1) is 0 Å². The van der Waals surface area contributed by atoms with Crippen molar-refractivity contribution in [1.29, 1.82) is 0 Å². The summed E-state index contributed by atoms with van der Waals surface area (Å²) in [5, 5.41) is 4.64. The van der Waals surface area contributed by atoms with Crippen LogP contribution in [0, 0.1) is 0 Å². The summed E-state index contributed by atoms with van der Waals surface area (Å²) < 4.78 is 0. The number of amides is 3. The van der Waals surface area contributed by atoms with E-state index in [1.54, 1.807) is 0 Å². The Hall–Kier alpha value is -1.34. The maximum atomic E-state index is 12.9. The van der Waals surface area contributed by atoms with Crippen molar-refractivity contribution in [1.82, 2.24) is 20.2 Å². The second kappa shape index (κ2) is 27.0. The van der Waals surface area contributed by atoms with E-state index in [0.717, 1.165) is 64.4 Å². The van der Waals surface area contributed by atoms with Crippen LogP contribution in [0.15, 0.2) is 0 Å². The third kappa shape index (κ3) is 19.6. The Bertz CT molecular complexity index is 658. The fourth-order valence-electron chi connectivity index (χ4n) is 6.78. The average molecular weight is 607 g/mol. The first-order chi connectivity index (χ1) is 21.2. The fraction of sp³-hybridized carbons (Fsp3) is 0.944. The number of hydrogen-bond acceptors (Lipinski definition) is 4. The van der Waals surface area contributed by atoms with Gasteiger partial charge in [0.05, 0.1) is 6.61 Å². The molecule has 252 valence electrons. The van der Waals surface area contributed by atoms with Crippen molar-refractivity contribution in [2.75, 3.05) is 45.9 Å². The van der Waals surface area contributed by atoms with Gasteiger partial charge in [-0.05, 0) is 77.4 Å². The van der Waals surface area contributed by atoms with Crippen molar-refractivity contribution in [3.8, 4) is 0 Å². The number of piperidine rings is 1. The number of urea groups is 1. The first-order valence-corrected chi connectivity index (χ1v) is 18.9. The third-order valence-corrected chi connectivity index (χ3v) is 9.57. The zero-order chi connectivity index (χ0) is 30.6. The molecule has 1 N–H and O–H groups in total. The molecule has 7 heteroatoms. The van der Waals surface area contributed by atoms with Crippen LogP contribution in [0.5, 0.6) is 0 Å². The second-order valence-corrected chi connectivity index (χ2v) is 13.4. The van der Waals surface area contributed by atoms with Crippen LogP contribution in [-0.4, -0.2) is 79.2 Å². The zero-order valence-electron chi connectivity index (χ0n) is 28.3. The Morgan fingerprint density at radius 1 is 0.744 bits per heavy atom. The summed E-state index contributed by atoms with van der Waals surface area (Å²) in [5.41, 5.74) is 0. The maximum absolute atomic E-state index is 12.9. The Labute approximate surface area is 266 Å². The molecule has 2 aliphatic heterocycles. The van der Waals surface area contributed by atoms with E-state index in [9.17, 15) is 9.59 Å². The summed E-state index contributed by atoms with van der Waals surface area (Å²) in [4.78, 5) is 34.8. The van der Waals surface area contributed by atoms with Gasteiger partial charge in [0.1, 0.15) is 0 Å². The van der Waals surface area contributed by atoms with Gasteiger partial charge >= 0.3 is 6.03 Å². The lowest BCUT2D eigenvalue weighted by molar-refractivity contribution is -0.174. The van der Waals surface area contributed by atoms with Crippen LogP contribution >= 0.6 is 0 Å². The molecule has 43 heavy (non-hydrogen) atoms. The molecule has 0 aromatic rings. The van der Waals surface area contributed by atoms with Crippen molar-refractivity contribution in [2.45, 2.75) is 173 Å². The van der Waals surface area contributed by atoms with Crippen LogP contribution in [0.4, 0.5) is 4.79 Å². The Kier molecular flexibility index (Phi) is 23.8. The monoisotopic (exact) mass is 607 g/mol. The largest absolute Gasteiger partial charge is 0.338 e. The minimum atomic E-state index is 0.0795. The van der Waals surface area contributed by atoms with Gasteiger partial charge in [-0.25, -0.2) is 9.86 Å². The first-order valence-electron chi connectivity index (χ1n) is 18.9. The number of nitrogens with zero attached hydrogens (tertiary/aromatic N) is 3. The molecule has 2 fully saturated rings. The molecular weight excluding hydrogens is 536 g/mol. The Morgan fingerprint density at radius 3 is 1.91 bits per heavy atom. The summed E-state index contributed by atoms with van der Waals surface area (Å²) in [6.07, 6.45) is 32.6. The number of rotatable bonds is 28. The number of hydroxylamine groups is 2. The molecule has 0 saturated carbocycles. The summed E-state index contributed by atoms with van der Waals surface area (Å²) in [6.45, 7) is 8.70. The number of carbonyl (C=O) groups excluding carboxylic acids is 2. The van der Waals surface area contributed by atoms with Crippen molar-refractivity contribution in [3.05, 3.63) is 0 Å². The maximum Gasteiger partial charge on any atom is 0.317 e. The number of likely N-dealkylation sites (tertiary alicyclic amines) is 2. The van der Waals surface area contributed by atoms with Gasteiger partial charge in [-0.1, -0.05) is 110 Å². The van der Waals surface area contributed by atoms with Crippen molar-refractivity contribution in [3.63, 3.8) is 0 Å². The molecular formula is C36H70N4O3. The highest BCUT2D eigenvalue weighted by atomic mass is 16.7. The van der Waals surface area contributed by atoms with Crippen molar-refractivity contribution in [2.24, 2.45) is 0 Å². The lowest BCUT2D eigenvalue weighted by Gasteiger charge is -2.36. The van der Waals surface area contributed by atoms with Crippen LogP contribution < -0.4 is 5.32 Å². The van der Waals surface area contributed by atoms with Crippen LogP contribution in [0.1, 0.15) is 167 Å². The molecule has 0 spiro atoms. The van der Waals surface area contributed by atoms with E-state index in [1.807, 2.05) is 4.90 Å². The summed E-state index contributed by atoms with van der Waals surface area (Å²) in [7, 11) is 0. The second-order valence-electron chi connectivity index (χ2n) is 13.4. The van der Waals surface area contributed by atoms with Crippen molar-refractivity contribution >= 4 is 12.4 Å². The summed E-state index contributed by atoms with van der Waals surface area (Å²) in [6, 6.07) is 0.282. The van der Waals surface area contributed by atoms with E-state index >= 15 is 0 Å². The molecule has 0 aromatic heterocycles. The quantitative estimate of drug-likeness (QED) is 0.0549. The molecule has 3 amide bonds. The van der Waals surface area contributed by atoms with Crippen LogP contribution in [0.3, 0.4) is 0 Å². The smallest absolute Gasteiger partial charge is 0.317 e. The van der Waals surface area contributed by atoms with E-state index in [-0.39, 0.29) is 12.1 Å². The van der Waals surface area contributed by atoms with E-state index in [0.29, 0.717) is 13.2 Å². The number of carbonyl (C=O) groups is 2. The van der Waals surface area contributed by atoms with Crippen LogP contribution in [0.2, 0.25) is 0 Å². The van der Waals surface area contributed by atoms with Gasteiger partial charge in [0, 0.05) is 25.7 Å². The van der Waals surface area contributed by atoms with E-state index in [4.69, 9.17) is 4.84 Å². The molecule has 1 atom stereocenters. The van der Waals surface area contributed by atoms with Gasteiger partial charge < -0.3 is 15.1 Å². The summed E-state index contributed by atoms with van der Waals surface area (Å²) >= 11 is 0. The summed E-state index contributed by atoms with van der Waals surface area (Å²) in [5.74, 6) is 0.